The minimum Gasteiger partial charge on any atom is -0.381 e. The van der Waals surface area contributed by atoms with Crippen molar-refractivity contribution in [2.45, 2.75) is 26.8 Å². The van der Waals surface area contributed by atoms with Crippen molar-refractivity contribution in [1.29, 1.82) is 0 Å². The van der Waals surface area contributed by atoms with E-state index in [1.807, 2.05) is 0 Å². The first-order chi connectivity index (χ1) is 8.60. The van der Waals surface area contributed by atoms with E-state index in [9.17, 15) is 18.5 Å². The molecule has 0 aliphatic rings. The highest BCUT2D eigenvalue weighted by atomic mass is 32.2. The molecule has 0 bridgehead atoms. The zero-order valence-electron chi connectivity index (χ0n) is 11.4. The molecule has 0 fully saturated rings. The van der Waals surface area contributed by atoms with Crippen LogP contribution in [0.25, 0.3) is 0 Å². The average molecular weight is 286 g/mol. The summed E-state index contributed by atoms with van der Waals surface area (Å²) in [6.07, 6.45) is 1.18. The summed E-state index contributed by atoms with van der Waals surface area (Å²) in [4.78, 5) is 10.4. The third kappa shape index (κ3) is 4.51. The maximum absolute atomic E-state index is 11.2. The van der Waals surface area contributed by atoms with Gasteiger partial charge in [-0.1, -0.05) is 0 Å². The third-order valence-corrected chi connectivity index (χ3v) is 3.80. The number of benzene rings is 1. The SMILES string of the molecule is Cc1cc([N+](=O)[O-])c(C)cc1NC(C)CS(C)(=O)=O. The van der Waals surface area contributed by atoms with Crippen LogP contribution in [0, 0.1) is 24.0 Å². The van der Waals surface area contributed by atoms with E-state index >= 15 is 0 Å². The molecule has 1 aromatic rings. The Bertz CT molecular complexity index is 596. The van der Waals surface area contributed by atoms with E-state index in [4.69, 9.17) is 0 Å². The molecule has 0 spiro atoms. The number of aryl methyl sites for hydroxylation is 2. The number of hydrogen-bond donors (Lipinski definition) is 1. The second-order valence-corrected chi connectivity index (χ2v) is 7.03. The lowest BCUT2D eigenvalue weighted by atomic mass is 10.1. The van der Waals surface area contributed by atoms with Gasteiger partial charge < -0.3 is 5.32 Å². The molecule has 7 heteroatoms. The molecule has 0 aliphatic heterocycles. The van der Waals surface area contributed by atoms with Crippen molar-refractivity contribution in [3.63, 3.8) is 0 Å². The summed E-state index contributed by atoms with van der Waals surface area (Å²) in [6, 6.07) is 2.91. The number of hydrogen-bond acceptors (Lipinski definition) is 5. The van der Waals surface area contributed by atoms with E-state index in [-0.39, 0.29) is 17.5 Å². The molecular formula is C12H18N2O4S. The lowest BCUT2D eigenvalue weighted by molar-refractivity contribution is -0.385. The predicted octanol–water partition coefficient (Wildman–Crippen LogP) is 2.06. The van der Waals surface area contributed by atoms with Gasteiger partial charge >= 0.3 is 0 Å². The molecular weight excluding hydrogens is 268 g/mol. The van der Waals surface area contributed by atoms with Gasteiger partial charge in [-0.3, -0.25) is 10.1 Å². The molecule has 0 saturated heterocycles. The van der Waals surface area contributed by atoms with Gasteiger partial charge in [0.05, 0.1) is 10.7 Å². The van der Waals surface area contributed by atoms with Crippen LogP contribution in [0.1, 0.15) is 18.1 Å². The summed E-state index contributed by atoms with van der Waals surface area (Å²) >= 11 is 0. The number of nitrogens with zero attached hydrogens (tertiary/aromatic N) is 1. The first kappa shape index (κ1) is 15.4. The molecule has 1 atom stereocenters. The smallest absolute Gasteiger partial charge is 0.272 e. The number of nitro benzene ring substituents is 1. The molecule has 0 aromatic heterocycles. The molecule has 1 rings (SSSR count). The second kappa shape index (κ2) is 5.56. The fourth-order valence-corrected chi connectivity index (χ4v) is 2.91. The monoisotopic (exact) mass is 286 g/mol. The summed E-state index contributed by atoms with van der Waals surface area (Å²) < 4.78 is 22.4. The Hall–Kier alpha value is -1.63. The fourth-order valence-electron chi connectivity index (χ4n) is 1.91. The van der Waals surface area contributed by atoms with Gasteiger partial charge in [0.2, 0.25) is 0 Å². The van der Waals surface area contributed by atoms with Crippen LogP contribution in [-0.2, 0) is 9.84 Å². The summed E-state index contributed by atoms with van der Waals surface area (Å²) in [6.45, 7) is 5.17. The van der Waals surface area contributed by atoms with E-state index < -0.39 is 14.8 Å². The molecule has 0 heterocycles. The maximum atomic E-state index is 11.2. The van der Waals surface area contributed by atoms with Crippen LogP contribution in [0.15, 0.2) is 12.1 Å². The van der Waals surface area contributed by atoms with Crippen LogP contribution >= 0.6 is 0 Å². The van der Waals surface area contributed by atoms with Crippen LogP contribution in [0.2, 0.25) is 0 Å². The van der Waals surface area contributed by atoms with E-state index in [1.165, 1.54) is 12.3 Å². The summed E-state index contributed by atoms with van der Waals surface area (Å²) in [5, 5.41) is 13.9. The number of anilines is 1. The van der Waals surface area contributed by atoms with Crippen LogP contribution in [0.5, 0.6) is 0 Å². The quantitative estimate of drug-likeness (QED) is 0.661. The minimum atomic E-state index is -3.06. The topological polar surface area (TPSA) is 89.3 Å². The number of nitrogens with one attached hydrogen (secondary N) is 1. The molecule has 0 saturated carbocycles. The highest BCUT2D eigenvalue weighted by Gasteiger charge is 2.16. The number of nitro groups is 1. The standard InChI is InChI=1S/C12H18N2O4S/c1-8-6-12(14(15)16)9(2)5-11(8)13-10(3)7-19(4,17)18/h5-6,10,13H,7H2,1-4H3. The van der Waals surface area contributed by atoms with Crippen molar-refractivity contribution in [1.82, 2.24) is 0 Å². The third-order valence-electron chi connectivity index (χ3n) is 2.69. The van der Waals surface area contributed by atoms with Crippen LogP contribution < -0.4 is 5.32 Å². The Kier molecular flexibility index (Phi) is 4.52. The highest BCUT2D eigenvalue weighted by Crippen LogP contribution is 2.26. The molecule has 1 aromatic carbocycles. The Morgan fingerprint density at radius 1 is 1.32 bits per heavy atom. The van der Waals surface area contributed by atoms with Gasteiger partial charge in [0.25, 0.3) is 5.69 Å². The summed E-state index contributed by atoms with van der Waals surface area (Å²) in [5.41, 5.74) is 2.06. The second-order valence-electron chi connectivity index (χ2n) is 4.85. The van der Waals surface area contributed by atoms with Crippen molar-refractivity contribution < 1.29 is 13.3 Å². The molecule has 19 heavy (non-hydrogen) atoms. The van der Waals surface area contributed by atoms with Gasteiger partial charge in [0, 0.05) is 29.6 Å². The van der Waals surface area contributed by atoms with E-state index in [0.29, 0.717) is 5.56 Å². The van der Waals surface area contributed by atoms with Gasteiger partial charge in [-0.2, -0.15) is 0 Å². The van der Waals surface area contributed by atoms with Crippen LogP contribution in [0.4, 0.5) is 11.4 Å². The maximum Gasteiger partial charge on any atom is 0.272 e. The number of rotatable bonds is 5. The Morgan fingerprint density at radius 2 is 1.89 bits per heavy atom. The largest absolute Gasteiger partial charge is 0.381 e. The zero-order valence-corrected chi connectivity index (χ0v) is 12.2. The molecule has 1 unspecified atom stereocenters. The van der Waals surface area contributed by atoms with Crippen LogP contribution in [0.3, 0.4) is 0 Å². The van der Waals surface area contributed by atoms with E-state index in [2.05, 4.69) is 5.32 Å². The van der Waals surface area contributed by atoms with Crippen LogP contribution in [-0.4, -0.2) is 31.4 Å². The zero-order chi connectivity index (χ0) is 14.8. The van der Waals surface area contributed by atoms with Gasteiger partial charge in [-0.25, -0.2) is 8.42 Å². The van der Waals surface area contributed by atoms with Crippen molar-refractivity contribution in [3.8, 4) is 0 Å². The van der Waals surface area contributed by atoms with Crippen molar-refractivity contribution in [2.24, 2.45) is 0 Å². The van der Waals surface area contributed by atoms with Gasteiger partial charge in [-0.05, 0) is 32.4 Å². The lowest BCUT2D eigenvalue weighted by Gasteiger charge is -2.16. The molecule has 0 aliphatic carbocycles. The van der Waals surface area contributed by atoms with Crippen molar-refractivity contribution >= 4 is 21.2 Å². The fraction of sp³-hybridized carbons (Fsp3) is 0.500. The first-order valence-corrected chi connectivity index (χ1v) is 7.86. The minimum absolute atomic E-state index is 0.0163. The normalized spacial score (nSPS) is 13.1. The summed E-state index contributed by atoms with van der Waals surface area (Å²) in [5.74, 6) is 0.0163. The van der Waals surface area contributed by atoms with Crippen molar-refractivity contribution in [3.05, 3.63) is 33.4 Å². The average Bonchev–Trinajstić information content (AvgIpc) is 2.19. The Morgan fingerprint density at radius 3 is 2.37 bits per heavy atom. The number of sulfone groups is 1. The van der Waals surface area contributed by atoms with Gasteiger partial charge in [0.15, 0.2) is 0 Å². The lowest BCUT2D eigenvalue weighted by Crippen LogP contribution is -2.25. The molecule has 1 N–H and O–H groups in total. The van der Waals surface area contributed by atoms with Crippen molar-refractivity contribution in [2.75, 3.05) is 17.3 Å². The Labute approximate surface area is 112 Å². The summed E-state index contributed by atoms with van der Waals surface area (Å²) in [7, 11) is -3.06. The Balaban J connectivity index is 2.97. The molecule has 6 nitrogen and oxygen atoms in total. The molecule has 106 valence electrons. The molecule has 0 amide bonds. The highest BCUT2D eigenvalue weighted by molar-refractivity contribution is 7.90. The molecule has 0 radical (unpaired) electrons. The van der Waals surface area contributed by atoms with E-state index in [0.717, 1.165) is 11.3 Å². The first-order valence-electron chi connectivity index (χ1n) is 5.80. The van der Waals surface area contributed by atoms with Gasteiger partial charge in [0.1, 0.15) is 9.84 Å². The predicted molar refractivity (Wildman–Crippen MR) is 75.4 cm³/mol. The van der Waals surface area contributed by atoms with E-state index in [1.54, 1.807) is 26.8 Å². The van der Waals surface area contributed by atoms with Gasteiger partial charge in [-0.15, -0.1) is 0 Å².